The fourth-order valence-electron chi connectivity index (χ4n) is 4.39. The first kappa shape index (κ1) is 43.6. The van der Waals surface area contributed by atoms with Gasteiger partial charge in [0.15, 0.2) is 23.0 Å². The number of benzene rings is 2. The highest BCUT2D eigenvalue weighted by molar-refractivity contribution is 5.40. The Bertz CT molecular complexity index is 995. The lowest BCUT2D eigenvalue weighted by Gasteiger charge is -2.34. The number of morpholine rings is 2. The molecule has 2 heterocycles. The summed E-state index contributed by atoms with van der Waals surface area (Å²) >= 11 is 0. The zero-order chi connectivity index (χ0) is 35.5. The molecule has 0 amide bonds. The van der Waals surface area contributed by atoms with E-state index in [4.69, 9.17) is 28.4 Å². The van der Waals surface area contributed by atoms with Crippen LogP contribution in [0.2, 0.25) is 0 Å². The first-order valence-electron chi connectivity index (χ1n) is 17.6. The van der Waals surface area contributed by atoms with Crippen LogP contribution in [-0.4, -0.2) is 87.8 Å². The van der Waals surface area contributed by atoms with Gasteiger partial charge in [0.1, 0.15) is 25.4 Å². The summed E-state index contributed by atoms with van der Waals surface area (Å²) in [6, 6.07) is 15.4. The number of hydrogen-bond acceptors (Lipinski definition) is 8. The van der Waals surface area contributed by atoms with Crippen molar-refractivity contribution in [3.05, 3.63) is 73.1 Å². The maximum Gasteiger partial charge on any atom is 0.161 e. The summed E-state index contributed by atoms with van der Waals surface area (Å²) in [5.41, 5.74) is 2.15. The molecule has 2 atom stereocenters. The van der Waals surface area contributed by atoms with Gasteiger partial charge in [0.2, 0.25) is 0 Å². The fourth-order valence-corrected chi connectivity index (χ4v) is 4.39. The SMILES string of the molecule is C=C(C)N1CCOC(COc2ccccc2OCC)C1.C=C(C)N1CCOC(COc2ccccc2OCC)C1.CC.CC.CCC. The van der Waals surface area contributed by atoms with Gasteiger partial charge in [-0.15, -0.1) is 0 Å². The Kier molecular flexibility index (Phi) is 25.7. The summed E-state index contributed by atoms with van der Waals surface area (Å²) in [7, 11) is 0. The van der Waals surface area contributed by atoms with Crippen LogP contribution in [0.1, 0.15) is 75.7 Å². The molecule has 0 aromatic heterocycles. The Morgan fingerprint density at radius 2 is 0.915 bits per heavy atom. The molecule has 0 aliphatic carbocycles. The van der Waals surface area contributed by atoms with Crippen molar-refractivity contribution in [2.45, 2.75) is 87.9 Å². The predicted molar refractivity (Wildman–Crippen MR) is 197 cm³/mol. The topological polar surface area (TPSA) is 61.9 Å². The van der Waals surface area contributed by atoms with E-state index in [-0.39, 0.29) is 12.2 Å². The second kappa shape index (κ2) is 27.7. The number of ether oxygens (including phenoxy) is 6. The quantitative estimate of drug-likeness (QED) is 0.224. The van der Waals surface area contributed by atoms with E-state index in [0.29, 0.717) is 39.6 Å². The van der Waals surface area contributed by atoms with E-state index in [1.165, 1.54) is 6.42 Å². The first-order valence-corrected chi connectivity index (χ1v) is 17.6. The Morgan fingerprint density at radius 1 is 0.617 bits per heavy atom. The summed E-state index contributed by atoms with van der Waals surface area (Å²) in [6.07, 6.45) is 1.38. The third-order valence-corrected chi connectivity index (χ3v) is 6.50. The van der Waals surface area contributed by atoms with Gasteiger partial charge in [-0.1, -0.05) is 85.4 Å². The molecule has 0 radical (unpaired) electrons. The summed E-state index contributed by atoms with van der Waals surface area (Å²) in [5, 5.41) is 0. The van der Waals surface area contributed by atoms with Gasteiger partial charge in [-0.3, -0.25) is 0 Å². The molecule has 8 heteroatoms. The second-order valence-corrected chi connectivity index (χ2v) is 10.4. The van der Waals surface area contributed by atoms with E-state index in [1.54, 1.807) is 0 Å². The van der Waals surface area contributed by atoms with E-state index in [1.807, 2.05) is 104 Å². The normalized spacial score (nSPS) is 16.6. The average molecular weight is 659 g/mol. The summed E-state index contributed by atoms with van der Waals surface area (Å²) in [5.74, 6) is 3.10. The Hall–Kier alpha value is -3.36. The highest BCUT2D eigenvalue weighted by Crippen LogP contribution is 2.28. The number of rotatable bonds is 12. The van der Waals surface area contributed by atoms with E-state index in [2.05, 4.69) is 36.8 Å². The minimum Gasteiger partial charge on any atom is -0.490 e. The van der Waals surface area contributed by atoms with Gasteiger partial charge in [0.05, 0.1) is 26.4 Å². The van der Waals surface area contributed by atoms with Crippen LogP contribution < -0.4 is 18.9 Å². The van der Waals surface area contributed by atoms with Crippen molar-refractivity contribution in [3.63, 3.8) is 0 Å². The van der Waals surface area contributed by atoms with E-state index < -0.39 is 0 Å². The van der Waals surface area contributed by atoms with E-state index >= 15 is 0 Å². The zero-order valence-electron chi connectivity index (χ0n) is 31.3. The Labute approximate surface area is 287 Å². The molecule has 4 rings (SSSR count). The molecule has 2 aliphatic heterocycles. The number of hydrogen-bond donors (Lipinski definition) is 0. The largest absolute Gasteiger partial charge is 0.490 e. The van der Waals surface area contributed by atoms with Gasteiger partial charge in [-0.05, 0) is 52.0 Å². The molecule has 2 fully saturated rings. The van der Waals surface area contributed by atoms with Crippen molar-refractivity contribution in [2.24, 2.45) is 0 Å². The molecule has 8 nitrogen and oxygen atoms in total. The van der Waals surface area contributed by atoms with Crippen LogP contribution >= 0.6 is 0 Å². The molecular formula is C39H66N2O6. The van der Waals surface area contributed by atoms with Gasteiger partial charge in [-0.2, -0.15) is 0 Å². The van der Waals surface area contributed by atoms with Crippen molar-refractivity contribution in [2.75, 3.05) is 65.8 Å². The molecule has 2 unspecified atom stereocenters. The molecule has 2 saturated heterocycles. The maximum absolute atomic E-state index is 5.85. The lowest BCUT2D eigenvalue weighted by molar-refractivity contribution is -0.0381. The van der Waals surface area contributed by atoms with Crippen molar-refractivity contribution < 1.29 is 28.4 Å². The smallest absolute Gasteiger partial charge is 0.161 e. The lowest BCUT2D eigenvalue weighted by atomic mass is 10.2. The van der Waals surface area contributed by atoms with Crippen molar-refractivity contribution in [3.8, 4) is 23.0 Å². The molecule has 0 bridgehead atoms. The Balaban J connectivity index is 0.000000757. The van der Waals surface area contributed by atoms with Gasteiger partial charge in [0.25, 0.3) is 0 Å². The Morgan fingerprint density at radius 3 is 1.19 bits per heavy atom. The highest BCUT2D eigenvalue weighted by atomic mass is 16.6. The fraction of sp³-hybridized carbons (Fsp3) is 0.590. The van der Waals surface area contributed by atoms with Gasteiger partial charge in [-0.25, -0.2) is 0 Å². The molecule has 47 heavy (non-hydrogen) atoms. The minimum absolute atomic E-state index is 0.0649. The van der Waals surface area contributed by atoms with Crippen LogP contribution in [0.5, 0.6) is 23.0 Å². The van der Waals surface area contributed by atoms with Crippen LogP contribution in [0.15, 0.2) is 73.1 Å². The third kappa shape index (κ3) is 17.9. The first-order chi connectivity index (χ1) is 22.8. The molecule has 268 valence electrons. The average Bonchev–Trinajstić information content (AvgIpc) is 3.10. The number of para-hydroxylation sites is 4. The van der Waals surface area contributed by atoms with Crippen molar-refractivity contribution in [1.82, 2.24) is 9.80 Å². The number of allylic oxidation sites excluding steroid dienone is 2. The van der Waals surface area contributed by atoms with Gasteiger partial charge in [0, 0.05) is 37.6 Å². The molecular weight excluding hydrogens is 592 g/mol. The van der Waals surface area contributed by atoms with E-state index in [0.717, 1.165) is 60.6 Å². The molecule has 0 N–H and O–H groups in total. The molecule has 0 saturated carbocycles. The molecule has 2 aromatic carbocycles. The monoisotopic (exact) mass is 658 g/mol. The van der Waals surface area contributed by atoms with E-state index in [9.17, 15) is 0 Å². The predicted octanol–water partition coefficient (Wildman–Crippen LogP) is 8.87. The second-order valence-electron chi connectivity index (χ2n) is 10.4. The van der Waals surface area contributed by atoms with Crippen LogP contribution in [0, 0.1) is 0 Å². The van der Waals surface area contributed by atoms with Crippen LogP contribution in [-0.2, 0) is 9.47 Å². The summed E-state index contributed by atoms with van der Waals surface area (Å²) in [4.78, 5) is 4.46. The highest BCUT2D eigenvalue weighted by Gasteiger charge is 2.22. The van der Waals surface area contributed by atoms with Crippen LogP contribution in [0.3, 0.4) is 0 Å². The lowest BCUT2D eigenvalue weighted by Crippen LogP contribution is -2.43. The van der Waals surface area contributed by atoms with Gasteiger partial charge < -0.3 is 38.2 Å². The van der Waals surface area contributed by atoms with Crippen LogP contribution in [0.4, 0.5) is 0 Å². The van der Waals surface area contributed by atoms with Crippen molar-refractivity contribution >= 4 is 0 Å². The summed E-state index contributed by atoms with van der Waals surface area (Å²) in [6.45, 7) is 35.4. The third-order valence-electron chi connectivity index (χ3n) is 6.50. The molecule has 0 spiro atoms. The zero-order valence-corrected chi connectivity index (χ0v) is 31.3. The standard InChI is InChI=1S/2C16H23NO3.C3H8.2C2H6/c2*1-4-18-15-7-5-6-8-16(15)20-12-14-11-17(13(2)3)9-10-19-14;1-3-2;2*1-2/h2*5-8,14H,2,4,9-12H2,1,3H3;3H2,1-2H3;2*1-2H3. The minimum atomic E-state index is 0.0649. The van der Waals surface area contributed by atoms with Crippen molar-refractivity contribution in [1.29, 1.82) is 0 Å². The molecule has 2 aliphatic rings. The summed E-state index contributed by atoms with van der Waals surface area (Å²) < 4.78 is 34.3. The maximum atomic E-state index is 5.85. The van der Waals surface area contributed by atoms with Crippen LogP contribution in [0.25, 0.3) is 0 Å². The number of nitrogens with zero attached hydrogens (tertiary/aromatic N) is 2. The van der Waals surface area contributed by atoms with Gasteiger partial charge >= 0.3 is 0 Å². The molecule has 2 aromatic rings.